The second-order valence-electron chi connectivity index (χ2n) is 6.68. The highest BCUT2D eigenvalue weighted by molar-refractivity contribution is 7.92. The number of carbonyl (C=O) groups excluding carboxylic acids is 1. The molecule has 0 amide bonds. The van der Waals surface area contributed by atoms with Crippen LogP contribution in [0.4, 0.5) is 0 Å². The van der Waals surface area contributed by atoms with Crippen molar-refractivity contribution in [3.63, 3.8) is 0 Å². The van der Waals surface area contributed by atoms with Crippen molar-refractivity contribution in [1.82, 2.24) is 0 Å². The van der Waals surface area contributed by atoms with E-state index in [2.05, 4.69) is 0 Å². The highest BCUT2D eigenvalue weighted by Crippen LogP contribution is 2.56. The standard InChI is InChI=1S/C20H23NO5S/c1-4-26-19(22)20(21)17(14-7-9-15(25-3)10-8-14)18(20)27(23,24)16-11-5-13(2)6-12-16/h5-12,17-18H,4,21H2,1-3H3/t17-,18+,20-/m0/s1. The number of nitrogens with two attached hydrogens (primary N) is 1. The van der Waals surface area contributed by atoms with E-state index < -0.39 is 32.5 Å². The Morgan fingerprint density at radius 1 is 1.11 bits per heavy atom. The lowest BCUT2D eigenvalue weighted by Crippen LogP contribution is -2.41. The van der Waals surface area contributed by atoms with E-state index in [1.54, 1.807) is 62.6 Å². The molecule has 144 valence electrons. The van der Waals surface area contributed by atoms with Crippen LogP contribution in [0.5, 0.6) is 5.75 Å². The maximum Gasteiger partial charge on any atom is 0.328 e. The highest BCUT2D eigenvalue weighted by Gasteiger charge is 2.74. The van der Waals surface area contributed by atoms with E-state index in [1.165, 1.54) is 0 Å². The quantitative estimate of drug-likeness (QED) is 0.761. The van der Waals surface area contributed by atoms with Gasteiger partial charge in [-0.05, 0) is 43.7 Å². The second kappa shape index (κ2) is 6.98. The van der Waals surface area contributed by atoms with Gasteiger partial charge in [0.25, 0.3) is 0 Å². The molecule has 1 aliphatic carbocycles. The molecule has 1 fully saturated rings. The largest absolute Gasteiger partial charge is 0.497 e. The molecule has 0 saturated heterocycles. The Morgan fingerprint density at radius 3 is 2.22 bits per heavy atom. The maximum absolute atomic E-state index is 13.2. The molecule has 0 aliphatic heterocycles. The van der Waals surface area contributed by atoms with Crippen LogP contribution < -0.4 is 10.5 Å². The van der Waals surface area contributed by atoms with E-state index in [-0.39, 0.29) is 11.5 Å². The average molecular weight is 389 g/mol. The van der Waals surface area contributed by atoms with Crippen molar-refractivity contribution < 1.29 is 22.7 Å². The fourth-order valence-corrected chi connectivity index (χ4v) is 5.67. The number of methoxy groups -OCH3 is 1. The summed E-state index contributed by atoms with van der Waals surface area (Å²) in [4.78, 5) is 12.7. The lowest BCUT2D eigenvalue weighted by atomic mass is 10.1. The molecule has 2 N–H and O–H groups in total. The van der Waals surface area contributed by atoms with Gasteiger partial charge in [-0.2, -0.15) is 0 Å². The van der Waals surface area contributed by atoms with E-state index >= 15 is 0 Å². The zero-order chi connectivity index (χ0) is 19.8. The number of benzene rings is 2. The van der Waals surface area contributed by atoms with Crippen LogP contribution in [0.25, 0.3) is 0 Å². The van der Waals surface area contributed by atoms with Gasteiger partial charge in [-0.25, -0.2) is 13.2 Å². The summed E-state index contributed by atoms with van der Waals surface area (Å²) in [6.45, 7) is 3.67. The number of ether oxygens (including phenoxy) is 2. The third-order valence-corrected chi connectivity index (χ3v) is 7.23. The first-order valence-electron chi connectivity index (χ1n) is 8.67. The summed E-state index contributed by atoms with van der Waals surface area (Å²) in [5, 5.41) is -1.08. The first kappa shape index (κ1) is 19.4. The highest BCUT2D eigenvalue weighted by atomic mass is 32.2. The van der Waals surface area contributed by atoms with Crippen LogP contribution in [-0.4, -0.2) is 38.9 Å². The lowest BCUT2D eigenvalue weighted by Gasteiger charge is -2.11. The Bertz CT molecular complexity index is 937. The first-order valence-corrected chi connectivity index (χ1v) is 10.2. The van der Waals surface area contributed by atoms with E-state index in [1.807, 2.05) is 6.92 Å². The lowest BCUT2D eigenvalue weighted by molar-refractivity contribution is -0.145. The minimum absolute atomic E-state index is 0.129. The Hall–Kier alpha value is -2.38. The monoisotopic (exact) mass is 389 g/mol. The van der Waals surface area contributed by atoms with Gasteiger partial charge in [0.05, 0.1) is 18.6 Å². The van der Waals surface area contributed by atoms with Crippen molar-refractivity contribution in [3.05, 3.63) is 59.7 Å². The summed E-state index contributed by atoms with van der Waals surface area (Å²) >= 11 is 0. The second-order valence-corrected chi connectivity index (χ2v) is 8.75. The van der Waals surface area contributed by atoms with Gasteiger partial charge in [-0.3, -0.25) is 0 Å². The van der Waals surface area contributed by atoms with Crippen LogP contribution in [0, 0.1) is 6.92 Å². The average Bonchev–Trinajstić information content (AvgIpc) is 3.31. The SMILES string of the molecule is CCOC(=O)[C@@]1(N)[C@H](S(=O)(=O)c2ccc(C)cc2)[C@@H]1c1ccc(OC)cc1. The van der Waals surface area contributed by atoms with Gasteiger partial charge < -0.3 is 15.2 Å². The number of esters is 1. The normalized spacial score (nSPS) is 24.3. The number of hydrogen-bond donors (Lipinski definition) is 1. The van der Waals surface area contributed by atoms with Crippen LogP contribution in [0.1, 0.15) is 24.0 Å². The fraction of sp³-hybridized carbons (Fsp3) is 0.350. The molecule has 1 aliphatic rings. The predicted molar refractivity (Wildman–Crippen MR) is 101 cm³/mol. The molecule has 0 spiro atoms. The van der Waals surface area contributed by atoms with E-state index in [4.69, 9.17) is 15.2 Å². The third-order valence-electron chi connectivity index (χ3n) is 4.97. The van der Waals surface area contributed by atoms with Crippen LogP contribution in [0.15, 0.2) is 53.4 Å². The predicted octanol–water partition coefficient (Wildman–Crippen LogP) is 2.20. The van der Waals surface area contributed by atoms with Gasteiger partial charge in [-0.15, -0.1) is 0 Å². The molecule has 0 radical (unpaired) electrons. The summed E-state index contributed by atoms with van der Waals surface area (Å²) < 4.78 is 36.7. The minimum atomic E-state index is -3.82. The number of carbonyl (C=O) groups is 1. The van der Waals surface area contributed by atoms with Crippen molar-refractivity contribution in [2.24, 2.45) is 5.73 Å². The van der Waals surface area contributed by atoms with Crippen LogP contribution >= 0.6 is 0 Å². The summed E-state index contributed by atoms with van der Waals surface area (Å²) in [7, 11) is -2.28. The summed E-state index contributed by atoms with van der Waals surface area (Å²) in [5.41, 5.74) is 6.32. The molecule has 1 saturated carbocycles. The molecule has 0 bridgehead atoms. The number of rotatable bonds is 6. The van der Waals surface area contributed by atoms with Crippen molar-refractivity contribution in [2.45, 2.75) is 35.4 Å². The van der Waals surface area contributed by atoms with E-state index in [0.29, 0.717) is 11.3 Å². The maximum atomic E-state index is 13.2. The molecule has 27 heavy (non-hydrogen) atoms. The summed E-state index contributed by atoms with van der Waals surface area (Å²) in [6, 6.07) is 13.4. The molecule has 3 atom stereocenters. The first-order chi connectivity index (χ1) is 12.8. The molecular formula is C20H23NO5S. The molecule has 2 aromatic rings. The van der Waals surface area contributed by atoms with Gasteiger partial charge >= 0.3 is 5.97 Å². The van der Waals surface area contributed by atoms with Gasteiger partial charge in [0.15, 0.2) is 9.84 Å². The zero-order valence-corrected chi connectivity index (χ0v) is 16.3. The van der Waals surface area contributed by atoms with Gasteiger partial charge in [0, 0.05) is 5.92 Å². The van der Waals surface area contributed by atoms with Crippen molar-refractivity contribution in [1.29, 1.82) is 0 Å². The molecular weight excluding hydrogens is 366 g/mol. The van der Waals surface area contributed by atoms with E-state index in [0.717, 1.165) is 5.56 Å². The summed E-state index contributed by atoms with van der Waals surface area (Å²) in [6.07, 6.45) is 0. The number of aryl methyl sites for hydroxylation is 1. The zero-order valence-electron chi connectivity index (χ0n) is 15.5. The third kappa shape index (κ3) is 3.21. The minimum Gasteiger partial charge on any atom is -0.497 e. The Kier molecular flexibility index (Phi) is 5.01. The molecule has 0 heterocycles. The fourth-order valence-electron chi connectivity index (χ4n) is 3.45. The van der Waals surface area contributed by atoms with Crippen molar-refractivity contribution >= 4 is 15.8 Å². The number of sulfone groups is 1. The van der Waals surface area contributed by atoms with Crippen molar-refractivity contribution in [3.8, 4) is 5.75 Å². The Balaban J connectivity index is 2.04. The Labute approximate surface area is 159 Å². The van der Waals surface area contributed by atoms with Crippen LogP contribution in [-0.2, 0) is 19.4 Å². The summed E-state index contributed by atoms with van der Waals surface area (Å²) in [5.74, 6) is -0.753. The van der Waals surface area contributed by atoms with Crippen molar-refractivity contribution in [2.75, 3.05) is 13.7 Å². The molecule has 0 unspecified atom stereocenters. The van der Waals surface area contributed by atoms with Gasteiger partial charge in [-0.1, -0.05) is 29.8 Å². The molecule has 0 aromatic heterocycles. The van der Waals surface area contributed by atoms with Gasteiger partial charge in [0.1, 0.15) is 16.5 Å². The molecule has 2 aromatic carbocycles. The van der Waals surface area contributed by atoms with Crippen LogP contribution in [0.2, 0.25) is 0 Å². The molecule has 6 nitrogen and oxygen atoms in total. The molecule has 3 rings (SSSR count). The van der Waals surface area contributed by atoms with Crippen LogP contribution in [0.3, 0.4) is 0 Å². The smallest absolute Gasteiger partial charge is 0.328 e. The molecule has 7 heteroatoms. The van der Waals surface area contributed by atoms with E-state index in [9.17, 15) is 13.2 Å². The van der Waals surface area contributed by atoms with Gasteiger partial charge in [0.2, 0.25) is 0 Å². The number of hydrogen-bond acceptors (Lipinski definition) is 6. The topological polar surface area (TPSA) is 95.7 Å². The Morgan fingerprint density at radius 2 is 1.70 bits per heavy atom.